The van der Waals surface area contributed by atoms with Crippen LogP contribution in [0.15, 0.2) is 29.4 Å². The Bertz CT molecular complexity index is 1010. The van der Waals surface area contributed by atoms with Gasteiger partial charge in [0, 0.05) is 5.56 Å². The molecule has 0 aliphatic rings. The van der Waals surface area contributed by atoms with Crippen LogP contribution in [0.5, 0.6) is 5.75 Å². The van der Waals surface area contributed by atoms with Crippen molar-refractivity contribution in [3.63, 3.8) is 0 Å². The highest BCUT2D eigenvalue weighted by atomic mass is 32.2. The lowest BCUT2D eigenvalue weighted by molar-refractivity contribution is 0.0229. The maximum atomic E-state index is 14.7. The molecule has 13 heteroatoms. The van der Waals surface area contributed by atoms with E-state index < -0.39 is 27.7 Å². The zero-order chi connectivity index (χ0) is 23.9. The number of anilines is 2. The van der Waals surface area contributed by atoms with E-state index in [9.17, 15) is 22.3 Å². The largest absolute Gasteiger partial charge is 0.497 e. The van der Waals surface area contributed by atoms with E-state index >= 15 is 0 Å². The molecule has 32 heavy (non-hydrogen) atoms. The Kier molecular flexibility index (Phi) is 8.98. The number of nitrogens with one attached hydrogen (secondary N) is 2. The van der Waals surface area contributed by atoms with Gasteiger partial charge in [-0.05, 0) is 24.5 Å². The quantitative estimate of drug-likeness (QED) is 0.384. The molecule has 3 N–H and O–H groups in total. The monoisotopic (exact) mass is 491 g/mol. The predicted octanol–water partition coefficient (Wildman–Crippen LogP) is 2.95. The summed E-state index contributed by atoms with van der Waals surface area (Å²) >= 11 is 0.648. The minimum absolute atomic E-state index is 0.0296. The predicted molar refractivity (Wildman–Crippen MR) is 120 cm³/mol. The molecule has 1 heterocycles. The van der Waals surface area contributed by atoms with Crippen molar-refractivity contribution in [2.24, 2.45) is 5.92 Å². The van der Waals surface area contributed by atoms with E-state index in [1.54, 1.807) is 6.07 Å². The summed E-state index contributed by atoms with van der Waals surface area (Å²) in [5.74, 6) is -3.70. The molecule has 0 aliphatic carbocycles. The van der Waals surface area contributed by atoms with E-state index in [1.807, 2.05) is 13.8 Å². The number of hydrogen-bond donors (Lipinski definition) is 3. The number of hydrogen-bond acceptors (Lipinski definition) is 9. The number of ether oxygens (including phenoxy) is 1. The van der Waals surface area contributed by atoms with Gasteiger partial charge in [0.2, 0.25) is 21.9 Å². The highest BCUT2D eigenvalue weighted by molar-refractivity contribution is 7.99. The molecule has 0 saturated carbocycles. The van der Waals surface area contributed by atoms with E-state index in [0.717, 1.165) is 6.26 Å². The number of alkyl halides is 2. The number of aromatic nitrogens is 3. The van der Waals surface area contributed by atoms with Gasteiger partial charge in [-0.25, -0.2) is 17.2 Å². The Morgan fingerprint density at radius 3 is 2.50 bits per heavy atom. The van der Waals surface area contributed by atoms with Crippen LogP contribution in [0, 0.1) is 5.92 Å². The maximum Gasteiger partial charge on any atom is 0.282 e. The number of halogens is 2. The van der Waals surface area contributed by atoms with Crippen LogP contribution in [0.3, 0.4) is 0 Å². The summed E-state index contributed by atoms with van der Waals surface area (Å²) in [5.41, 5.74) is -0.233. The lowest BCUT2D eigenvalue weighted by Crippen LogP contribution is -2.27. The summed E-state index contributed by atoms with van der Waals surface area (Å²) in [6.45, 7) is 3.72. The number of sulfonamides is 1. The third kappa shape index (κ3) is 8.36. The summed E-state index contributed by atoms with van der Waals surface area (Å²) in [6, 6.07) is 5.16. The molecule has 1 aromatic heterocycles. The zero-order valence-corrected chi connectivity index (χ0v) is 19.8. The lowest BCUT2D eigenvalue weighted by Gasteiger charge is -2.19. The van der Waals surface area contributed by atoms with Gasteiger partial charge < -0.3 is 15.2 Å². The first-order chi connectivity index (χ1) is 14.9. The fourth-order valence-electron chi connectivity index (χ4n) is 2.72. The van der Waals surface area contributed by atoms with Crippen LogP contribution in [0.2, 0.25) is 0 Å². The number of benzene rings is 1. The molecule has 0 saturated heterocycles. The average Bonchev–Trinajstić information content (AvgIpc) is 2.70. The molecule has 9 nitrogen and oxygen atoms in total. The normalized spacial score (nSPS) is 13.1. The molecular weight excluding hydrogens is 464 g/mol. The first kappa shape index (κ1) is 26.0. The van der Waals surface area contributed by atoms with Crippen molar-refractivity contribution < 1.29 is 27.0 Å². The van der Waals surface area contributed by atoms with E-state index in [4.69, 9.17) is 4.74 Å². The SMILES string of the molecule is COc1cccc(C(F)(F)CSc2nc(N[C@@H](CO)CC(C)C)nc(NS(C)(=O)=O)n2)c1. The summed E-state index contributed by atoms with van der Waals surface area (Å²) in [5, 5.41) is 12.4. The Hall–Kier alpha value is -2.25. The number of rotatable bonds is 12. The maximum absolute atomic E-state index is 14.7. The van der Waals surface area contributed by atoms with Crippen LogP contribution in [-0.4, -0.2) is 60.2 Å². The van der Waals surface area contributed by atoms with Crippen molar-refractivity contribution in [3.05, 3.63) is 29.8 Å². The van der Waals surface area contributed by atoms with Crippen molar-refractivity contribution in [1.82, 2.24) is 15.0 Å². The summed E-state index contributed by atoms with van der Waals surface area (Å²) in [7, 11) is -2.32. The number of nitrogens with zero attached hydrogens (tertiary/aromatic N) is 3. The summed E-state index contributed by atoms with van der Waals surface area (Å²) in [6.07, 6.45) is 1.51. The minimum Gasteiger partial charge on any atom is -0.497 e. The molecule has 0 spiro atoms. The second-order valence-electron chi connectivity index (χ2n) is 7.52. The third-order valence-corrected chi connectivity index (χ3v) is 5.58. The molecule has 0 bridgehead atoms. The van der Waals surface area contributed by atoms with Crippen molar-refractivity contribution >= 4 is 33.7 Å². The molecule has 2 aromatic rings. The third-order valence-electron chi connectivity index (χ3n) is 4.08. The second kappa shape index (κ2) is 11.1. The molecule has 0 unspecified atom stereocenters. The van der Waals surface area contributed by atoms with Crippen LogP contribution >= 0.6 is 11.8 Å². The Morgan fingerprint density at radius 2 is 1.91 bits per heavy atom. The van der Waals surface area contributed by atoms with Crippen LogP contribution in [0.4, 0.5) is 20.7 Å². The van der Waals surface area contributed by atoms with Crippen molar-refractivity contribution in [2.75, 3.05) is 35.8 Å². The molecule has 0 radical (unpaired) electrons. The number of aliphatic hydroxyl groups excluding tert-OH is 1. The lowest BCUT2D eigenvalue weighted by atomic mass is 10.0. The molecule has 1 aromatic carbocycles. The van der Waals surface area contributed by atoms with Gasteiger partial charge in [-0.15, -0.1) is 0 Å². The number of aliphatic hydroxyl groups is 1. The molecular formula is C19H27F2N5O4S2. The molecule has 2 rings (SSSR count). The fourth-order valence-corrected chi connectivity index (χ4v) is 3.92. The van der Waals surface area contributed by atoms with Crippen LogP contribution in [-0.2, 0) is 15.9 Å². The molecule has 1 atom stereocenters. The Labute approximate surface area is 190 Å². The number of thioether (sulfide) groups is 1. The Balaban J connectivity index is 2.27. The van der Waals surface area contributed by atoms with Gasteiger partial charge in [0.1, 0.15) is 5.75 Å². The second-order valence-corrected chi connectivity index (χ2v) is 10.2. The van der Waals surface area contributed by atoms with E-state index in [0.29, 0.717) is 23.9 Å². The molecule has 0 amide bonds. The van der Waals surface area contributed by atoms with Gasteiger partial charge in [-0.1, -0.05) is 37.7 Å². The fraction of sp³-hybridized carbons (Fsp3) is 0.526. The summed E-state index contributed by atoms with van der Waals surface area (Å²) < 4.78 is 59.8. The van der Waals surface area contributed by atoms with Gasteiger partial charge in [-0.3, -0.25) is 4.72 Å². The van der Waals surface area contributed by atoms with Crippen LogP contribution < -0.4 is 14.8 Å². The van der Waals surface area contributed by atoms with Crippen molar-refractivity contribution in [3.8, 4) is 5.75 Å². The average molecular weight is 492 g/mol. The zero-order valence-electron chi connectivity index (χ0n) is 18.2. The van der Waals surface area contributed by atoms with Crippen LogP contribution in [0.25, 0.3) is 0 Å². The Morgan fingerprint density at radius 1 is 1.22 bits per heavy atom. The van der Waals surface area contributed by atoms with Crippen molar-refractivity contribution in [1.29, 1.82) is 0 Å². The van der Waals surface area contributed by atoms with Gasteiger partial charge in [0.05, 0.1) is 31.8 Å². The van der Waals surface area contributed by atoms with Gasteiger partial charge in [-0.2, -0.15) is 15.0 Å². The van der Waals surface area contributed by atoms with Gasteiger partial charge in [0.25, 0.3) is 5.92 Å². The number of methoxy groups -OCH3 is 1. The minimum atomic E-state index is -3.71. The molecule has 0 fully saturated rings. The van der Waals surface area contributed by atoms with Gasteiger partial charge in [0.15, 0.2) is 5.16 Å². The first-order valence-corrected chi connectivity index (χ1v) is 12.6. The highest BCUT2D eigenvalue weighted by Crippen LogP contribution is 2.35. The molecule has 0 aliphatic heterocycles. The van der Waals surface area contributed by atoms with Gasteiger partial charge >= 0.3 is 0 Å². The van der Waals surface area contributed by atoms with E-state index in [1.165, 1.54) is 25.3 Å². The van der Waals surface area contributed by atoms with E-state index in [2.05, 4.69) is 25.0 Å². The standard InChI is InChI=1S/C19H27F2N5O4S2/c1-12(2)8-14(10-27)22-16-23-17(26-32(4,28)29)25-18(24-16)31-11-19(20,21)13-6-5-7-15(9-13)30-3/h5-7,9,12,14,27H,8,10-11H2,1-4H3,(H2,22,23,24,25,26)/t14-/m1/s1. The summed E-state index contributed by atoms with van der Waals surface area (Å²) in [4.78, 5) is 12.0. The van der Waals surface area contributed by atoms with E-state index in [-0.39, 0.29) is 35.1 Å². The highest BCUT2D eigenvalue weighted by Gasteiger charge is 2.32. The molecule has 178 valence electrons. The first-order valence-electron chi connectivity index (χ1n) is 9.68. The van der Waals surface area contributed by atoms with Crippen LogP contribution in [0.1, 0.15) is 25.8 Å². The smallest absolute Gasteiger partial charge is 0.282 e. The van der Waals surface area contributed by atoms with Crippen molar-refractivity contribution in [2.45, 2.75) is 37.4 Å². The topological polar surface area (TPSA) is 126 Å².